The number of esters is 1. The van der Waals surface area contributed by atoms with E-state index in [9.17, 15) is 15.0 Å². The molecule has 0 saturated heterocycles. The van der Waals surface area contributed by atoms with Gasteiger partial charge in [-0.25, -0.2) is 4.79 Å². The maximum absolute atomic E-state index is 11.9. The van der Waals surface area contributed by atoms with Gasteiger partial charge in [-0.05, 0) is 24.5 Å². The lowest BCUT2D eigenvalue weighted by molar-refractivity contribution is 0.0493. The highest BCUT2D eigenvalue weighted by molar-refractivity contribution is 5.93. The summed E-state index contributed by atoms with van der Waals surface area (Å²) in [6.07, 6.45) is 18.0. The van der Waals surface area contributed by atoms with E-state index in [1.165, 1.54) is 95.2 Å². The normalized spacial score (nSPS) is 11.1. The highest BCUT2D eigenvalue weighted by Crippen LogP contribution is 2.28. The number of carbonyl (C=O) groups is 1. The third kappa shape index (κ3) is 12.5. The molecule has 0 spiro atoms. The fourth-order valence-corrected chi connectivity index (χ4v) is 3.54. The van der Waals surface area contributed by atoms with Crippen molar-refractivity contribution in [3.8, 4) is 11.5 Å². The van der Waals surface area contributed by atoms with Gasteiger partial charge in [-0.2, -0.15) is 0 Å². The lowest BCUT2D eigenvalue weighted by Crippen LogP contribution is -2.06. The molecule has 0 aliphatic carbocycles. The summed E-state index contributed by atoms with van der Waals surface area (Å²) in [6.45, 7) is 4.96. The third-order valence-corrected chi connectivity index (χ3v) is 5.39. The number of unbranched alkanes of at least 4 members (excludes halogenated alkanes) is 12. The SMILES string of the molecule is CC(C)CCCCCCCCCCCCCCCOC(=O)c1cccc(O)c1O. The second-order valence-corrected chi connectivity index (χ2v) is 8.59. The van der Waals surface area contributed by atoms with Crippen molar-refractivity contribution in [3.63, 3.8) is 0 Å². The molecule has 4 heteroatoms. The van der Waals surface area contributed by atoms with Crippen LogP contribution in [0.3, 0.4) is 0 Å². The summed E-state index contributed by atoms with van der Waals surface area (Å²) in [7, 11) is 0. The van der Waals surface area contributed by atoms with Gasteiger partial charge in [0.25, 0.3) is 0 Å². The van der Waals surface area contributed by atoms with Crippen LogP contribution in [-0.4, -0.2) is 22.8 Å². The molecule has 1 aromatic rings. The summed E-state index contributed by atoms with van der Waals surface area (Å²) < 4.78 is 5.17. The summed E-state index contributed by atoms with van der Waals surface area (Å²) in [5.74, 6) is -0.452. The molecule has 0 aliphatic heterocycles. The van der Waals surface area contributed by atoms with E-state index in [0.29, 0.717) is 6.61 Å². The molecule has 166 valence electrons. The number of ether oxygens (including phenoxy) is 1. The average molecular weight is 407 g/mol. The molecule has 0 unspecified atom stereocenters. The first-order valence-electron chi connectivity index (χ1n) is 11.7. The van der Waals surface area contributed by atoms with E-state index < -0.39 is 11.7 Å². The van der Waals surface area contributed by atoms with Gasteiger partial charge in [0.2, 0.25) is 0 Å². The zero-order valence-corrected chi connectivity index (χ0v) is 18.6. The third-order valence-electron chi connectivity index (χ3n) is 5.39. The molecule has 0 bridgehead atoms. The Hall–Kier alpha value is -1.71. The Labute approximate surface area is 177 Å². The fourth-order valence-electron chi connectivity index (χ4n) is 3.54. The Morgan fingerprint density at radius 3 is 1.79 bits per heavy atom. The first kappa shape index (κ1) is 25.3. The largest absolute Gasteiger partial charge is 0.504 e. The molecular formula is C25H42O4. The molecule has 1 rings (SSSR count). The number of benzene rings is 1. The Morgan fingerprint density at radius 2 is 1.28 bits per heavy atom. The second kappa shape index (κ2) is 16.1. The molecule has 0 aromatic heterocycles. The van der Waals surface area contributed by atoms with Gasteiger partial charge in [0.1, 0.15) is 5.56 Å². The summed E-state index contributed by atoms with van der Waals surface area (Å²) in [5.41, 5.74) is 0.0144. The van der Waals surface area contributed by atoms with Gasteiger partial charge in [0.15, 0.2) is 11.5 Å². The Morgan fingerprint density at radius 1 is 0.793 bits per heavy atom. The predicted octanol–water partition coefficient (Wildman–Crippen LogP) is 7.37. The summed E-state index contributed by atoms with van der Waals surface area (Å²) in [4.78, 5) is 11.9. The Kier molecular flexibility index (Phi) is 14.1. The zero-order valence-electron chi connectivity index (χ0n) is 18.6. The van der Waals surface area contributed by atoms with Crippen LogP contribution < -0.4 is 0 Å². The quantitative estimate of drug-likeness (QED) is 0.161. The average Bonchev–Trinajstić information content (AvgIpc) is 2.69. The van der Waals surface area contributed by atoms with Gasteiger partial charge in [-0.1, -0.05) is 103 Å². The molecule has 0 atom stereocenters. The molecule has 0 radical (unpaired) electrons. The molecular weight excluding hydrogens is 364 g/mol. The van der Waals surface area contributed by atoms with Crippen LogP contribution >= 0.6 is 0 Å². The van der Waals surface area contributed by atoms with Crippen molar-refractivity contribution in [1.82, 2.24) is 0 Å². The molecule has 0 amide bonds. The molecule has 0 saturated carbocycles. The van der Waals surface area contributed by atoms with Gasteiger partial charge in [0.05, 0.1) is 6.61 Å². The maximum atomic E-state index is 11.9. The van der Waals surface area contributed by atoms with E-state index >= 15 is 0 Å². The minimum atomic E-state index is -0.585. The van der Waals surface area contributed by atoms with Crippen LogP contribution in [0.15, 0.2) is 18.2 Å². The van der Waals surface area contributed by atoms with E-state index in [1.54, 1.807) is 0 Å². The Bertz CT molecular complexity index is 554. The van der Waals surface area contributed by atoms with Gasteiger partial charge >= 0.3 is 5.97 Å². The van der Waals surface area contributed by atoms with E-state index in [4.69, 9.17) is 4.74 Å². The summed E-state index contributed by atoms with van der Waals surface area (Å²) >= 11 is 0. The number of phenols is 2. The van der Waals surface area contributed by atoms with Crippen LogP contribution in [0.2, 0.25) is 0 Å². The topological polar surface area (TPSA) is 66.8 Å². The number of hydrogen-bond acceptors (Lipinski definition) is 4. The van der Waals surface area contributed by atoms with E-state index in [1.807, 2.05) is 0 Å². The number of rotatable bonds is 17. The smallest absolute Gasteiger partial charge is 0.342 e. The number of phenolic OH excluding ortho intramolecular Hbond substituents is 2. The second-order valence-electron chi connectivity index (χ2n) is 8.59. The predicted molar refractivity (Wildman–Crippen MR) is 120 cm³/mol. The first-order chi connectivity index (χ1) is 14.0. The van der Waals surface area contributed by atoms with Gasteiger partial charge in [-0.15, -0.1) is 0 Å². The molecule has 29 heavy (non-hydrogen) atoms. The van der Waals surface area contributed by atoms with Crippen molar-refractivity contribution in [2.75, 3.05) is 6.61 Å². The maximum Gasteiger partial charge on any atom is 0.342 e. The Balaban J connectivity index is 1.86. The van der Waals surface area contributed by atoms with Crippen molar-refractivity contribution < 1.29 is 19.7 Å². The first-order valence-corrected chi connectivity index (χ1v) is 11.7. The minimum absolute atomic E-state index is 0.0144. The fraction of sp³-hybridized carbons (Fsp3) is 0.720. The highest BCUT2D eigenvalue weighted by atomic mass is 16.5. The van der Waals surface area contributed by atoms with Gasteiger partial charge in [0, 0.05) is 0 Å². The molecule has 1 aromatic carbocycles. The highest BCUT2D eigenvalue weighted by Gasteiger charge is 2.14. The standard InChI is InChI=1S/C25H42O4/c1-21(2)17-14-12-10-8-6-4-3-5-7-9-11-13-15-20-29-25(28)22-18-16-19-23(26)24(22)27/h16,18-19,21,26-27H,3-15,17,20H2,1-2H3. The molecule has 0 heterocycles. The van der Waals surface area contributed by atoms with Crippen molar-refractivity contribution in [3.05, 3.63) is 23.8 Å². The summed E-state index contributed by atoms with van der Waals surface area (Å²) in [6, 6.07) is 4.30. The van der Waals surface area contributed by atoms with Gasteiger partial charge in [-0.3, -0.25) is 0 Å². The number of hydrogen-bond donors (Lipinski definition) is 2. The van der Waals surface area contributed by atoms with Crippen molar-refractivity contribution in [2.45, 2.75) is 104 Å². The van der Waals surface area contributed by atoms with Crippen LogP contribution in [0.4, 0.5) is 0 Å². The van der Waals surface area contributed by atoms with E-state index in [2.05, 4.69) is 13.8 Å². The van der Waals surface area contributed by atoms with Crippen LogP contribution in [-0.2, 0) is 4.74 Å². The lowest BCUT2D eigenvalue weighted by Gasteiger charge is -2.07. The zero-order chi connectivity index (χ0) is 21.3. The van der Waals surface area contributed by atoms with Crippen LogP contribution in [0.1, 0.15) is 114 Å². The summed E-state index contributed by atoms with van der Waals surface area (Å²) in [5, 5.41) is 19.1. The lowest BCUT2D eigenvalue weighted by atomic mass is 10.0. The molecule has 2 N–H and O–H groups in total. The number of aromatic hydroxyl groups is 2. The monoisotopic (exact) mass is 406 g/mol. The van der Waals surface area contributed by atoms with Crippen molar-refractivity contribution >= 4 is 5.97 Å². The number of carbonyl (C=O) groups excluding carboxylic acids is 1. The van der Waals surface area contributed by atoms with Gasteiger partial charge < -0.3 is 14.9 Å². The number of para-hydroxylation sites is 1. The molecule has 4 nitrogen and oxygen atoms in total. The van der Waals surface area contributed by atoms with Crippen LogP contribution in [0.25, 0.3) is 0 Å². The molecule has 0 fully saturated rings. The molecule has 0 aliphatic rings. The van der Waals surface area contributed by atoms with Crippen molar-refractivity contribution in [2.24, 2.45) is 5.92 Å². The minimum Gasteiger partial charge on any atom is -0.504 e. The van der Waals surface area contributed by atoms with Crippen LogP contribution in [0.5, 0.6) is 11.5 Å². The van der Waals surface area contributed by atoms with E-state index in [0.717, 1.165) is 18.8 Å². The van der Waals surface area contributed by atoms with Crippen LogP contribution in [0, 0.1) is 5.92 Å². The van der Waals surface area contributed by atoms with E-state index in [-0.39, 0.29) is 11.3 Å². The van der Waals surface area contributed by atoms with Crippen molar-refractivity contribution in [1.29, 1.82) is 0 Å².